The van der Waals surface area contributed by atoms with Gasteiger partial charge >= 0.3 is 0 Å². The third-order valence-electron chi connectivity index (χ3n) is 5.51. The lowest BCUT2D eigenvalue weighted by atomic mass is 9.85. The zero-order chi connectivity index (χ0) is 14.7. The Hall–Kier alpha value is -1.02. The molecule has 1 fully saturated rings. The Kier molecular flexibility index (Phi) is 4.84. The van der Waals surface area contributed by atoms with E-state index in [0.29, 0.717) is 17.8 Å². The van der Waals surface area contributed by atoms with Crippen molar-refractivity contribution in [3.05, 3.63) is 29.3 Å². The maximum Gasteiger partial charge on any atom is 0.115 e. The first-order valence-corrected chi connectivity index (χ1v) is 8.82. The van der Waals surface area contributed by atoms with E-state index in [-0.39, 0.29) is 0 Å². The Morgan fingerprint density at radius 2 is 1.81 bits per heavy atom. The molecule has 0 heterocycles. The van der Waals surface area contributed by atoms with Crippen LogP contribution in [-0.2, 0) is 6.42 Å². The van der Waals surface area contributed by atoms with E-state index >= 15 is 0 Å². The standard InChI is InChI=1S/C19H29NO/c1-14(15-7-4-2-3-5-8-15)20-19-10-6-9-16-13-17(21)11-12-18(16)19/h11-15,19-21H,2-10H2,1H3/t14-,19?/m0/s1. The van der Waals surface area contributed by atoms with Crippen LogP contribution in [0.25, 0.3) is 0 Å². The number of hydrogen-bond donors (Lipinski definition) is 2. The van der Waals surface area contributed by atoms with Gasteiger partial charge in [0.1, 0.15) is 5.75 Å². The molecule has 0 aromatic heterocycles. The van der Waals surface area contributed by atoms with Crippen molar-refractivity contribution in [2.75, 3.05) is 0 Å². The minimum atomic E-state index is 0.409. The Labute approximate surface area is 129 Å². The van der Waals surface area contributed by atoms with Gasteiger partial charge in [0.05, 0.1) is 0 Å². The number of phenols is 1. The maximum atomic E-state index is 9.67. The van der Waals surface area contributed by atoms with Crippen LogP contribution >= 0.6 is 0 Å². The second-order valence-electron chi connectivity index (χ2n) is 7.03. The number of nitrogens with one attached hydrogen (secondary N) is 1. The summed E-state index contributed by atoms with van der Waals surface area (Å²) in [5, 5.41) is 13.6. The molecule has 2 heteroatoms. The third kappa shape index (κ3) is 3.60. The van der Waals surface area contributed by atoms with Crippen LogP contribution in [0.3, 0.4) is 0 Å². The fourth-order valence-electron chi connectivity index (χ4n) is 4.24. The molecule has 2 nitrogen and oxygen atoms in total. The van der Waals surface area contributed by atoms with Gasteiger partial charge in [-0.05, 0) is 68.2 Å². The first-order valence-electron chi connectivity index (χ1n) is 8.82. The summed E-state index contributed by atoms with van der Waals surface area (Å²) in [6, 6.07) is 7.01. The lowest BCUT2D eigenvalue weighted by molar-refractivity contribution is 0.296. The minimum Gasteiger partial charge on any atom is -0.508 e. The highest BCUT2D eigenvalue weighted by Crippen LogP contribution is 2.34. The third-order valence-corrected chi connectivity index (χ3v) is 5.51. The number of aromatic hydroxyl groups is 1. The van der Waals surface area contributed by atoms with E-state index in [1.165, 1.54) is 62.5 Å². The first-order chi connectivity index (χ1) is 10.2. The van der Waals surface area contributed by atoms with E-state index in [4.69, 9.17) is 0 Å². The van der Waals surface area contributed by atoms with Crippen LogP contribution in [0, 0.1) is 5.92 Å². The number of aryl methyl sites for hydroxylation is 1. The summed E-state index contributed by atoms with van der Waals surface area (Å²) in [5.74, 6) is 1.25. The number of rotatable bonds is 3. The van der Waals surface area contributed by atoms with Gasteiger partial charge in [-0.1, -0.05) is 31.7 Å². The number of benzene rings is 1. The van der Waals surface area contributed by atoms with Crippen molar-refractivity contribution in [3.8, 4) is 5.75 Å². The molecule has 0 aliphatic heterocycles. The topological polar surface area (TPSA) is 32.3 Å². The zero-order valence-electron chi connectivity index (χ0n) is 13.3. The van der Waals surface area contributed by atoms with Crippen molar-refractivity contribution in [3.63, 3.8) is 0 Å². The molecular weight excluding hydrogens is 258 g/mol. The van der Waals surface area contributed by atoms with Crippen molar-refractivity contribution in [2.24, 2.45) is 5.92 Å². The van der Waals surface area contributed by atoms with Gasteiger partial charge in [0.2, 0.25) is 0 Å². The molecule has 1 aromatic rings. The van der Waals surface area contributed by atoms with Gasteiger partial charge in [-0.2, -0.15) is 0 Å². The highest BCUT2D eigenvalue weighted by Gasteiger charge is 2.25. The van der Waals surface area contributed by atoms with Crippen LogP contribution < -0.4 is 5.32 Å². The number of phenolic OH excluding ortho intramolecular Hbond substituents is 1. The normalized spacial score (nSPS) is 25.1. The average Bonchev–Trinajstić information content (AvgIpc) is 2.76. The van der Waals surface area contributed by atoms with Gasteiger partial charge in [0.15, 0.2) is 0 Å². The molecule has 21 heavy (non-hydrogen) atoms. The highest BCUT2D eigenvalue weighted by atomic mass is 16.3. The van der Waals surface area contributed by atoms with E-state index in [1.54, 1.807) is 0 Å². The monoisotopic (exact) mass is 287 g/mol. The zero-order valence-corrected chi connectivity index (χ0v) is 13.3. The van der Waals surface area contributed by atoms with Crippen molar-refractivity contribution < 1.29 is 5.11 Å². The average molecular weight is 287 g/mol. The number of hydrogen-bond acceptors (Lipinski definition) is 2. The quantitative estimate of drug-likeness (QED) is 0.789. The van der Waals surface area contributed by atoms with Gasteiger partial charge in [0.25, 0.3) is 0 Å². The van der Waals surface area contributed by atoms with E-state index in [1.807, 2.05) is 12.1 Å². The Morgan fingerprint density at radius 1 is 1.05 bits per heavy atom. The molecule has 2 atom stereocenters. The van der Waals surface area contributed by atoms with Crippen molar-refractivity contribution in [1.29, 1.82) is 0 Å². The summed E-state index contributed by atoms with van der Waals surface area (Å²) < 4.78 is 0. The summed E-state index contributed by atoms with van der Waals surface area (Å²) in [4.78, 5) is 0. The van der Waals surface area contributed by atoms with E-state index in [2.05, 4.69) is 18.3 Å². The molecule has 1 aromatic carbocycles. The van der Waals surface area contributed by atoms with Crippen LogP contribution in [0.5, 0.6) is 5.75 Å². The highest BCUT2D eigenvalue weighted by molar-refractivity contribution is 5.38. The number of fused-ring (bicyclic) bond motifs is 1. The smallest absolute Gasteiger partial charge is 0.115 e. The first kappa shape index (κ1) is 14.9. The molecule has 116 valence electrons. The van der Waals surface area contributed by atoms with Gasteiger partial charge in [-0.3, -0.25) is 0 Å². The van der Waals surface area contributed by atoms with Gasteiger partial charge in [-0.25, -0.2) is 0 Å². The predicted molar refractivity (Wildman–Crippen MR) is 87.6 cm³/mol. The van der Waals surface area contributed by atoms with Gasteiger partial charge in [-0.15, -0.1) is 0 Å². The summed E-state index contributed by atoms with van der Waals surface area (Å²) >= 11 is 0. The molecule has 0 radical (unpaired) electrons. The van der Waals surface area contributed by atoms with Crippen molar-refractivity contribution >= 4 is 0 Å². The molecule has 1 saturated carbocycles. The molecular formula is C19H29NO. The minimum absolute atomic E-state index is 0.409. The van der Waals surface area contributed by atoms with E-state index in [0.717, 1.165) is 12.3 Å². The van der Waals surface area contributed by atoms with Crippen molar-refractivity contribution in [2.45, 2.75) is 76.8 Å². The summed E-state index contributed by atoms with van der Waals surface area (Å²) in [6.45, 7) is 2.38. The molecule has 0 spiro atoms. The van der Waals surface area contributed by atoms with E-state index < -0.39 is 0 Å². The van der Waals surface area contributed by atoms with Gasteiger partial charge < -0.3 is 10.4 Å². The second kappa shape index (κ2) is 6.83. The molecule has 0 saturated heterocycles. The molecule has 2 N–H and O–H groups in total. The molecule has 3 rings (SSSR count). The maximum absolute atomic E-state index is 9.67. The largest absolute Gasteiger partial charge is 0.508 e. The van der Waals surface area contributed by atoms with Crippen molar-refractivity contribution in [1.82, 2.24) is 5.32 Å². The van der Waals surface area contributed by atoms with Crippen LogP contribution in [0.1, 0.15) is 75.5 Å². The fourth-order valence-corrected chi connectivity index (χ4v) is 4.24. The molecule has 0 amide bonds. The molecule has 2 aliphatic rings. The molecule has 0 bridgehead atoms. The van der Waals surface area contributed by atoms with Crippen LogP contribution in [0.4, 0.5) is 0 Å². The fraction of sp³-hybridized carbons (Fsp3) is 0.684. The Bertz CT molecular complexity index is 463. The lowest BCUT2D eigenvalue weighted by Crippen LogP contribution is -2.37. The van der Waals surface area contributed by atoms with Gasteiger partial charge in [0, 0.05) is 12.1 Å². The summed E-state index contributed by atoms with van der Waals surface area (Å²) in [7, 11) is 0. The predicted octanol–water partition coefficient (Wildman–Crippen LogP) is 4.72. The SMILES string of the molecule is C[C@H](NC1CCCc2cc(O)ccc21)C1CCCCCC1. The second-order valence-corrected chi connectivity index (χ2v) is 7.03. The lowest BCUT2D eigenvalue weighted by Gasteiger charge is -2.32. The summed E-state index contributed by atoms with van der Waals surface area (Å²) in [6.07, 6.45) is 12.0. The van der Waals surface area contributed by atoms with Crippen LogP contribution in [-0.4, -0.2) is 11.1 Å². The molecule has 1 unspecified atom stereocenters. The molecule has 2 aliphatic carbocycles. The summed E-state index contributed by atoms with van der Waals surface area (Å²) in [5.41, 5.74) is 2.76. The Morgan fingerprint density at radius 3 is 2.57 bits per heavy atom. The Balaban J connectivity index is 1.68. The van der Waals surface area contributed by atoms with E-state index in [9.17, 15) is 5.11 Å². The van der Waals surface area contributed by atoms with Crippen LogP contribution in [0.2, 0.25) is 0 Å². The van der Waals surface area contributed by atoms with Crippen LogP contribution in [0.15, 0.2) is 18.2 Å².